The summed E-state index contributed by atoms with van der Waals surface area (Å²) in [6.07, 6.45) is 0.642. The van der Waals surface area contributed by atoms with Gasteiger partial charge in [0.15, 0.2) is 0 Å². The topological polar surface area (TPSA) is 66.5 Å². The van der Waals surface area contributed by atoms with Gasteiger partial charge in [-0.1, -0.05) is 22.0 Å². The zero-order valence-corrected chi connectivity index (χ0v) is 15.5. The minimum absolute atomic E-state index is 0.188. The Kier molecular flexibility index (Phi) is 4.64. The number of halogens is 1. The average molecular weight is 409 g/mol. The van der Waals surface area contributed by atoms with Gasteiger partial charge in [-0.2, -0.15) is 0 Å². The van der Waals surface area contributed by atoms with Crippen molar-refractivity contribution in [2.75, 3.05) is 21.9 Å². The van der Waals surface area contributed by atoms with Crippen molar-refractivity contribution in [3.8, 4) is 0 Å². The number of anilines is 2. The Bertz CT molecular complexity index is 896. The molecule has 0 bridgehead atoms. The predicted octanol–water partition coefficient (Wildman–Crippen LogP) is 3.55. The number of rotatable bonds is 3. The van der Waals surface area contributed by atoms with E-state index in [-0.39, 0.29) is 11.7 Å². The highest BCUT2D eigenvalue weighted by Gasteiger charge is 2.28. The zero-order chi connectivity index (χ0) is 17.3. The van der Waals surface area contributed by atoms with E-state index < -0.39 is 10.0 Å². The molecule has 1 heterocycles. The fourth-order valence-electron chi connectivity index (χ4n) is 2.70. The Morgan fingerprint density at radius 3 is 2.62 bits per heavy atom. The van der Waals surface area contributed by atoms with E-state index in [0.29, 0.717) is 29.9 Å². The summed E-state index contributed by atoms with van der Waals surface area (Å²) in [5, 5.41) is 2.86. The molecule has 0 saturated carbocycles. The van der Waals surface area contributed by atoms with Crippen LogP contribution in [-0.4, -0.2) is 26.6 Å². The van der Waals surface area contributed by atoms with Crippen LogP contribution >= 0.6 is 15.9 Å². The second-order valence-corrected chi connectivity index (χ2v) is 8.63. The van der Waals surface area contributed by atoms with Gasteiger partial charge in [0.1, 0.15) is 0 Å². The number of hydrogen-bond donors (Lipinski definition) is 1. The molecule has 3 rings (SSSR count). The maximum atomic E-state index is 12.3. The number of carbonyl (C=O) groups excluding carboxylic acids is 1. The third-order valence-corrected chi connectivity index (χ3v) is 6.30. The highest BCUT2D eigenvalue weighted by Crippen LogP contribution is 2.28. The van der Waals surface area contributed by atoms with E-state index in [9.17, 15) is 13.2 Å². The Morgan fingerprint density at radius 2 is 2.00 bits per heavy atom. The van der Waals surface area contributed by atoms with Gasteiger partial charge in [-0.05, 0) is 55.3 Å². The first-order chi connectivity index (χ1) is 11.4. The molecular weight excluding hydrogens is 392 g/mol. The fraction of sp³-hybridized carbons (Fsp3) is 0.235. The first kappa shape index (κ1) is 17.0. The van der Waals surface area contributed by atoms with Crippen LogP contribution in [0.15, 0.2) is 46.9 Å². The van der Waals surface area contributed by atoms with E-state index in [1.54, 1.807) is 36.4 Å². The van der Waals surface area contributed by atoms with Gasteiger partial charge in [-0.25, -0.2) is 8.42 Å². The van der Waals surface area contributed by atoms with Gasteiger partial charge in [-0.3, -0.25) is 9.10 Å². The summed E-state index contributed by atoms with van der Waals surface area (Å²) in [6, 6.07) is 12.4. The lowest BCUT2D eigenvalue weighted by Gasteiger charge is -2.18. The van der Waals surface area contributed by atoms with Crippen molar-refractivity contribution in [2.24, 2.45) is 0 Å². The van der Waals surface area contributed by atoms with Crippen LogP contribution in [0.2, 0.25) is 0 Å². The molecule has 5 nitrogen and oxygen atoms in total. The Balaban J connectivity index is 1.82. The highest BCUT2D eigenvalue weighted by atomic mass is 79.9. The maximum absolute atomic E-state index is 12.3. The van der Waals surface area contributed by atoms with Crippen molar-refractivity contribution >= 4 is 43.2 Å². The lowest BCUT2D eigenvalue weighted by molar-refractivity contribution is 0.102. The molecule has 126 valence electrons. The van der Waals surface area contributed by atoms with Crippen LogP contribution in [0.4, 0.5) is 11.4 Å². The van der Waals surface area contributed by atoms with E-state index in [1.165, 1.54) is 4.31 Å². The van der Waals surface area contributed by atoms with Crippen LogP contribution in [0.5, 0.6) is 0 Å². The second-order valence-electron chi connectivity index (χ2n) is 5.71. The normalized spacial score (nSPS) is 16.2. The van der Waals surface area contributed by atoms with Crippen molar-refractivity contribution in [3.05, 3.63) is 58.1 Å². The van der Waals surface area contributed by atoms with Crippen LogP contribution in [-0.2, 0) is 10.0 Å². The molecule has 0 aromatic heterocycles. The fourth-order valence-corrected chi connectivity index (χ4v) is 4.65. The molecule has 1 saturated heterocycles. The molecule has 2 aromatic carbocycles. The summed E-state index contributed by atoms with van der Waals surface area (Å²) in [5.41, 5.74) is 2.68. The Labute approximate surface area is 149 Å². The van der Waals surface area contributed by atoms with Gasteiger partial charge in [0.2, 0.25) is 10.0 Å². The van der Waals surface area contributed by atoms with Crippen molar-refractivity contribution in [1.29, 1.82) is 0 Å². The molecule has 0 atom stereocenters. The van der Waals surface area contributed by atoms with Crippen LogP contribution < -0.4 is 9.62 Å². The minimum Gasteiger partial charge on any atom is -0.322 e. The van der Waals surface area contributed by atoms with Crippen LogP contribution in [0.1, 0.15) is 22.3 Å². The summed E-state index contributed by atoms with van der Waals surface area (Å²) < 4.78 is 26.3. The predicted molar refractivity (Wildman–Crippen MR) is 99.0 cm³/mol. The van der Waals surface area contributed by atoms with Gasteiger partial charge in [0, 0.05) is 22.3 Å². The number of carbonyl (C=O) groups is 1. The standard InChI is InChI=1S/C17H17BrN2O3S/c1-12-10-15(20-8-3-9-24(20,22)23)6-7-16(12)19-17(21)13-4-2-5-14(18)11-13/h2,4-7,10-11H,3,8-9H2,1H3,(H,19,21). The summed E-state index contributed by atoms with van der Waals surface area (Å²) in [6.45, 7) is 2.36. The third-order valence-electron chi connectivity index (χ3n) is 3.93. The molecule has 7 heteroatoms. The summed E-state index contributed by atoms with van der Waals surface area (Å²) in [7, 11) is -3.20. The Morgan fingerprint density at radius 1 is 1.21 bits per heavy atom. The summed E-state index contributed by atoms with van der Waals surface area (Å²) in [4.78, 5) is 12.3. The number of nitrogens with one attached hydrogen (secondary N) is 1. The van der Waals surface area contributed by atoms with E-state index in [4.69, 9.17) is 0 Å². The molecule has 2 aromatic rings. The smallest absolute Gasteiger partial charge is 0.255 e. The lowest BCUT2D eigenvalue weighted by Crippen LogP contribution is -2.25. The Hall–Kier alpha value is -1.86. The zero-order valence-electron chi connectivity index (χ0n) is 13.1. The first-order valence-electron chi connectivity index (χ1n) is 7.55. The van der Waals surface area contributed by atoms with Gasteiger partial charge in [-0.15, -0.1) is 0 Å². The van der Waals surface area contributed by atoms with Crippen LogP contribution in [0.25, 0.3) is 0 Å². The van der Waals surface area contributed by atoms with E-state index in [2.05, 4.69) is 21.2 Å². The molecule has 1 fully saturated rings. The SMILES string of the molecule is Cc1cc(N2CCCS2(=O)=O)ccc1NC(=O)c1cccc(Br)c1. The van der Waals surface area contributed by atoms with Gasteiger partial charge < -0.3 is 5.32 Å². The number of aryl methyl sites for hydroxylation is 1. The number of hydrogen-bond acceptors (Lipinski definition) is 3. The van der Waals surface area contributed by atoms with Crippen LogP contribution in [0.3, 0.4) is 0 Å². The molecular formula is C17H17BrN2O3S. The quantitative estimate of drug-likeness (QED) is 0.843. The van der Waals surface area contributed by atoms with E-state index in [1.807, 2.05) is 13.0 Å². The largest absolute Gasteiger partial charge is 0.322 e. The monoisotopic (exact) mass is 408 g/mol. The molecule has 0 aliphatic carbocycles. The average Bonchev–Trinajstić information content (AvgIpc) is 2.88. The number of nitrogens with zero attached hydrogens (tertiary/aromatic N) is 1. The molecule has 1 aliphatic rings. The van der Waals surface area contributed by atoms with Gasteiger partial charge in [0.05, 0.1) is 11.4 Å². The molecule has 0 unspecified atom stereocenters. The molecule has 1 N–H and O–H groups in total. The van der Waals surface area contributed by atoms with Gasteiger partial charge in [0.25, 0.3) is 5.91 Å². The van der Waals surface area contributed by atoms with E-state index in [0.717, 1.165) is 10.0 Å². The lowest BCUT2D eigenvalue weighted by atomic mass is 10.1. The first-order valence-corrected chi connectivity index (χ1v) is 9.95. The second kappa shape index (κ2) is 6.57. The highest BCUT2D eigenvalue weighted by molar-refractivity contribution is 9.10. The van der Waals surface area contributed by atoms with Crippen molar-refractivity contribution in [1.82, 2.24) is 0 Å². The summed E-state index contributed by atoms with van der Waals surface area (Å²) in [5.74, 6) is -0.0195. The number of amides is 1. The summed E-state index contributed by atoms with van der Waals surface area (Å²) >= 11 is 3.35. The molecule has 1 aliphatic heterocycles. The van der Waals surface area contributed by atoms with Crippen molar-refractivity contribution in [3.63, 3.8) is 0 Å². The van der Waals surface area contributed by atoms with Crippen molar-refractivity contribution in [2.45, 2.75) is 13.3 Å². The number of sulfonamides is 1. The van der Waals surface area contributed by atoms with E-state index >= 15 is 0 Å². The minimum atomic E-state index is -3.20. The molecule has 0 spiro atoms. The van der Waals surface area contributed by atoms with Crippen molar-refractivity contribution < 1.29 is 13.2 Å². The number of benzene rings is 2. The third kappa shape index (κ3) is 3.47. The maximum Gasteiger partial charge on any atom is 0.255 e. The molecule has 0 radical (unpaired) electrons. The van der Waals surface area contributed by atoms with Crippen LogP contribution in [0, 0.1) is 6.92 Å². The van der Waals surface area contributed by atoms with Gasteiger partial charge >= 0.3 is 0 Å². The molecule has 24 heavy (non-hydrogen) atoms. The molecule has 1 amide bonds.